The van der Waals surface area contributed by atoms with E-state index in [0.717, 1.165) is 21.3 Å². The van der Waals surface area contributed by atoms with Gasteiger partial charge in [-0.05, 0) is 84.8 Å². The van der Waals surface area contributed by atoms with E-state index in [0.29, 0.717) is 23.7 Å². The van der Waals surface area contributed by atoms with Crippen molar-refractivity contribution >= 4 is 34.7 Å². The molecule has 1 amide bonds. The minimum atomic E-state index is -0.292. The van der Waals surface area contributed by atoms with E-state index in [1.807, 2.05) is 32.9 Å². The third-order valence-electron chi connectivity index (χ3n) is 3.57. The van der Waals surface area contributed by atoms with E-state index in [4.69, 9.17) is 14.2 Å². The highest BCUT2D eigenvalue weighted by atomic mass is 127. The molecule has 0 atom stereocenters. The number of halogens is 1. The number of hydrogen-bond donors (Lipinski definition) is 1. The first-order chi connectivity index (χ1) is 13.4. The molecule has 0 aliphatic carbocycles. The Labute approximate surface area is 179 Å². The van der Waals surface area contributed by atoms with Gasteiger partial charge in [0, 0.05) is 5.56 Å². The molecule has 28 heavy (non-hydrogen) atoms. The fourth-order valence-corrected chi connectivity index (χ4v) is 3.07. The number of nitrogens with zero attached hydrogens (tertiary/aromatic N) is 1. The third-order valence-corrected chi connectivity index (χ3v) is 4.38. The Balaban J connectivity index is 2.03. The van der Waals surface area contributed by atoms with Gasteiger partial charge in [-0.25, -0.2) is 5.43 Å². The maximum atomic E-state index is 12.2. The van der Waals surface area contributed by atoms with Crippen LogP contribution in [0.1, 0.15) is 43.1 Å². The van der Waals surface area contributed by atoms with Crippen molar-refractivity contribution in [3.63, 3.8) is 0 Å². The largest absolute Gasteiger partial charge is 0.494 e. The third kappa shape index (κ3) is 6.40. The van der Waals surface area contributed by atoms with Crippen molar-refractivity contribution in [3.8, 4) is 17.2 Å². The maximum Gasteiger partial charge on any atom is 0.271 e. The second-order valence-electron chi connectivity index (χ2n) is 6.27. The van der Waals surface area contributed by atoms with Crippen molar-refractivity contribution in [3.05, 3.63) is 51.1 Å². The van der Waals surface area contributed by atoms with E-state index in [-0.39, 0.29) is 12.0 Å². The molecular weight excluding hydrogens is 471 g/mol. The Morgan fingerprint density at radius 3 is 2.57 bits per heavy atom. The molecule has 0 radical (unpaired) electrons. The molecular formula is C21H25IN2O4. The minimum absolute atomic E-state index is 0.0417. The summed E-state index contributed by atoms with van der Waals surface area (Å²) in [5.74, 6) is 1.77. The summed E-state index contributed by atoms with van der Waals surface area (Å²) in [7, 11) is 1.59. The molecule has 0 aliphatic heterocycles. The summed E-state index contributed by atoms with van der Waals surface area (Å²) in [6.45, 7) is 6.62. The van der Waals surface area contributed by atoms with Crippen LogP contribution in [0.15, 0.2) is 41.5 Å². The first-order valence-electron chi connectivity index (χ1n) is 9.05. The van der Waals surface area contributed by atoms with E-state index in [1.54, 1.807) is 37.6 Å². The molecule has 2 aromatic rings. The molecule has 0 saturated carbocycles. The summed E-state index contributed by atoms with van der Waals surface area (Å²) in [6, 6.07) is 10.7. The first kappa shape index (κ1) is 22.0. The number of amides is 1. The van der Waals surface area contributed by atoms with E-state index >= 15 is 0 Å². The number of rotatable bonds is 9. The Bertz CT molecular complexity index is 820. The molecule has 0 aromatic heterocycles. The average molecular weight is 496 g/mol. The Morgan fingerprint density at radius 1 is 1.25 bits per heavy atom. The maximum absolute atomic E-state index is 12.2. The van der Waals surface area contributed by atoms with Gasteiger partial charge in [0.05, 0.1) is 29.6 Å². The highest BCUT2D eigenvalue weighted by Gasteiger charge is 2.12. The van der Waals surface area contributed by atoms with Crippen LogP contribution < -0.4 is 19.6 Å². The monoisotopic (exact) mass is 496 g/mol. The minimum Gasteiger partial charge on any atom is -0.494 e. The van der Waals surface area contributed by atoms with E-state index in [2.05, 4.69) is 33.1 Å². The SMILES string of the molecule is CCCOc1ccc(C(=O)N/N=C/c2cc(I)c(OC(C)C)c(OC)c2)cc1. The molecule has 0 fully saturated rings. The van der Waals surface area contributed by atoms with Gasteiger partial charge in [0.25, 0.3) is 5.91 Å². The fraction of sp³-hybridized carbons (Fsp3) is 0.333. The molecule has 6 nitrogen and oxygen atoms in total. The number of hydrazone groups is 1. The molecule has 150 valence electrons. The molecule has 7 heteroatoms. The predicted molar refractivity (Wildman–Crippen MR) is 119 cm³/mol. The van der Waals surface area contributed by atoms with Crippen LogP contribution in [0.25, 0.3) is 0 Å². The van der Waals surface area contributed by atoms with Crippen LogP contribution in [0.3, 0.4) is 0 Å². The number of ether oxygens (including phenoxy) is 3. The van der Waals surface area contributed by atoms with Crippen LogP contribution in [0.5, 0.6) is 17.2 Å². The quantitative estimate of drug-likeness (QED) is 0.312. The van der Waals surface area contributed by atoms with Crippen molar-refractivity contribution in [2.75, 3.05) is 13.7 Å². The summed E-state index contributed by atoms with van der Waals surface area (Å²) in [5, 5.41) is 4.04. The number of nitrogens with one attached hydrogen (secondary N) is 1. The number of carbonyl (C=O) groups excluding carboxylic acids is 1. The predicted octanol–water partition coefficient (Wildman–Crippen LogP) is 4.64. The van der Waals surface area contributed by atoms with Gasteiger partial charge in [-0.3, -0.25) is 4.79 Å². The van der Waals surface area contributed by atoms with Gasteiger partial charge in [0.2, 0.25) is 0 Å². The second kappa shape index (κ2) is 10.9. The topological polar surface area (TPSA) is 69.2 Å². The Kier molecular flexibility index (Phi) is 8.56. The summed E-state index contributed by atoms with van der Waals surface area (Å²) in [6.07, 6.45) is 2.55. The van der Waals surface area contributed by atoms with Gasteiger partial charge in [0.1, 0.15) is 5.75 Å². The zero-order valence-corrected chi connectivity index (χ0v) is 18.6. The zero-order valence-electron chi connectivity index (χ0n) is 16.5. The zero-order chi connectivity index (χ0) is 20.5. The van der Waals surface area contributed by atoms with Crippen molar-refractivity contribution in [2.24, 2.45) is 5.10 Å². The molecule has 0 bridgehead atoms. The summed E-state index contributed by atoms with van der Waals surface area (Å²) in [5.41, 5.74) is 3.83. The van der Waals surface area contributed by atoms with Crippen LogP contribution in [-0.4, -0.2) is 31.9 Å². The average Bonchev–Trinajstić information content (AvgIpc) is 2.68. The van der Waals surface area contributed by atoms with Crippen LogP contribution in [0, 0.1) is 3.57 Å². The number of methoxy groups -OCH3 is 1. The lowest BCUT2D eigenvalue weighted by Crippen LogP contribution is -2.17. The fourth-order valence-electron chi connectivity index (χ4n) is 2.32. The van der Waals surface area contributed by atoms with Gasteiger partial charge < -0.3 is 14.2 Å². The van der Waals surface area contributed by atoms with Crippen LogP contribution in [0.2, 0.25) is 0 Å². The molecule has 2 aromatic carbocycles. The van der Waals surface area contributed by atoms with Crippen molar-refractivity contribution < 1.29 is 19.0 Å². The Hall–Kier alpha value is -2.29. The summed E-state index contributed by atoms with van der Waals surface area (Å²) >= 11 is 2.19. The second-order valence-corrected chi connectivity index (χ2v) is 7.43. The van der Waals surface area contributed by atoms with Gasteiger partial charge in [-0.2, -0.15) is 5.10 Å². The first-order valence-corrected chi connectivity index (χ1v) is 10.1. The summed E-state index contributed by atoms with van der Waals surface area (Å²) in [4.78, 5) is 12.2. The molecule has 0 aliphatic rings. The van der Waals surface area contributed by atoms with Crippen LogP contribution >= 0.6 is 22.6 Å². The van der Waals surface area contributed by atoms with Gasteiger partial charge >= 0.3 is 0 Å². The number of hydrogen-bond acceptors (Lipinski definition) is 5. The lowest BCUT2D eigenvalue weighted by atomic mass is 10.2. The van der Waals surface area contributed by atoms with Gasteiger partial charge in [0.15, 0.2) is 11.5 Å². The molecule has 0 unspecified atom stereocenters. The molecule has 1 N–H and O–H groups in total. The highest BCUT2D eigenvalue weighted by Crippen LogP contribution is 2.34. The smallest absolute Gasteiger partial charge is 0.271 e. The van der Waals surface area contributed by atoms with Gasteiger partial charge in [-0.1, -0.05) is 6.92 Å². The van der Waals surface area contributed by atoms with E-state index < -0.39 is 0 Å². The highest BCUT2D eigenvalue weighted by molar-refractivity contribution is 14.1. The lowest BCUT2D eigenvalue weighted by molar-refractivity contribution is 0.0955. The summed E-state index contributed by atoms with van der Waals surface area (Å²) < 4.78 is 17.6. The van der Waals surface area contributed by atoms with E-state index in [1.165, 1.54) is 0 Å². The van der Waals surface area contributed by atoms with E-state index in [9.17, 15) is 4.79 Å². The Morgan fingerprint density at radius 2 is 1.96 bits per heavy atom. The van der Waals surface area contributed by atoms with Crippen molar-refractivity contribution in [1.82, 2.24) is 5.43 Å². The molecule has 0 spiro atoms. The number of carbonyl (C=O) groups is 1. The standard InChI is InChI=1S/C21H25IN2O4/c1-5-10-27-17-8-6-16(7-9-17)21(25)24-23-13-15-11-18(22)20(28-14(2)3)19(12-15)26-4/h6-9,11-14H,5,10H2,1-4H3,(H,24,25)/b23-13+. The number of benzene rings is 2. The van der Waals surface area contributed by atoms with Gasteiger partial charge in [-0.15, -0.1) is 0 Å². The van der Waals surface area contributed by atoms with Crippen LogP contribution in [-0.2, 0) is 0 Å². The van der Waals surface area contributed by atoms with Crippen molar-refractivity contribution in [1.29, 1.82) is 0 Å². The normalized spacial score (nSPS) is 10.9. The molecule has 2 rings (SSSR count). The molecule has 0 heterocycles. The molecule has 0 saturated heterocycles. The van der Waals surface area contributed by atoms with Crippen molar-refractivity contribution in [2.45, 2.75) is 33.3 Å². The lowest BCUT2D eigenvalue weighted by Gasteiger charge is -2.15. The van der Waals surface area contributed by atoms with Crippen LogP contribution in [0.4, 0.5) is 0 Å².